The first-order valence-electron chi connectivity index (χ1n) is 6.81. The van der Waals surface area contributed by atoms with E-state index < -0.39 is 5.60 Å². The van der Waals surface area contributed by atoms with Crippen LogP contribution in [-0.4, -0.2) is 11.7 Å². The van der Waals surface area contributed by atoms with Crippen LogP contribution in [0.5, 0.6) is 0 Å². The molecular weight excluding hydrogens is 238 g/mol. The summed E-state index contributed by atoms with van der Waals surface area (Å²) in [6, 6.07) is 8.20. The molecule has 0 saturated heterocycles. The Morgan fingerprint density at radius 1 is 1.21 bits per heavy atom. The number of carbonyl (C=O) groups is 1. The summed E-state index contributed by atoms with van der Waals surface area (Å²) < 4.78 is 5.23. The molecule has 3 nitrogen and oxygen atoms in total. The third kappa shape index (κ3) is 6.27. The van der Waals surface area contributed by atoms with E-state index in [1.807, 2.05) is 32.9 Å². The van der Waals surface area contributed by atoms with E-state index >= 15 is 0 Å². The number of rotatable bonds is 4. The van der Waals surface area contributed by atoms with Crippen molar-refractivity contribution in [2.75, 3.05) is 0 Å². The molecule has 1 rings (SSSR count). The Kier molecular flexibility index (Phi) is 5.40. The van der Waals surface area contributed by atoms with Gasteiger partial charge in [0.15, 0.2) is 0 Å². The lowest BCUT2D eigenvalue weighted by molar-refractivity contribution is 0.0523. The van der Waals surface area contributed by atoms with Crippen molar-refractivity contribution in [1.29, 1.82) is 0 Å². The Hall–Kier alpha value is -1.51. The second kappa shape index (κ2) is 6.60. The standard InChI is InChI=1S/C16H25NO2/c1-12(2)10-13-8-6-7-9-14(13)11-17-15(18)19-16(3,4)5/h6-9,12H,10-11H2,1-5H3,(H,17,18). The van der Waals surface area contributed by atoms with E-state index in [1.54, 1.807) is 0 Å². The van der Waals surface area contributed by atoms with Crippen LogP contribution in [0.25, 0.3) is 0 Å². The molecule has 0 bridgehead atoms. The van der Waals surface area contributed by atoms with Gasteiger partial charge >= 0.3 is 6.09 Å². The van der Waals surface area contributed by atoms with Crippen LogP contribution in [0.3, 0.4) is 0 Å². The largest absolute Gasteiger partial charge is 0.444 e. The molecule has 0 atom stereocenters. The molecule has 0 saturated carbocycles. The number of carbonyl (C=O) groups excluding carboxylic acids is 1. The van der Waals surface area contributed by atoms with E-state index in [0.29, 0.717) is 12.5 Å². The quantitative estimate of drug-likeness (QED) is 0.894. The number of hydrogen-bond donors (Lipinski definition) is 1. The zero-order valence-corrected chi connectivity index (χ0v) is 12.6. The SMILES string of the molecule is CC(C)Cc1ccccc1CNC(=O)OC(C)(C)C. The fraction of sp³-hybridized carbons (Fsp3) is 0.562. The Morgan fingerprint density at radius 3 is 2.32 bits per heavy atom. The highest BCUT2D eigenvalue weighted by Crippen LogP contribution is 2.14. The fourth-order valence-electron chi connectivity index (χ4n) is 1.85. The van der Waals surface area contributed by atoms with Crippen LogP contribution in [0.4, 0.5) is 4.79 Å². The third-order valence-electron chi connectivity index (χ3n) is 2.57. The van der Waals surface area contributed by atoms with E-state index in [1.165, 1.54) is 5.56 Å². The lowest BCUT2D eigenvalue weighted by Crippen LogP contribution is -2.32. The van der Waals surface area contributed by atoms with Crippen LogP contribution in [0.2, 0.25) is 0 Å². The molecule has 0 unspecified atom stereocenters. The number of alkyl carbamates (subject to hydrolysis) is 1. The van der Waals surface area contributed by atoms with Crippen molar-refractivity contribution in [1.82, 2.24) is 5.32 Å². The molecule has 0 aliphatic heterocycles. The van der Waals surface area contributed by atoms with Crippen molar-refractivity contribution < 1.29 is 9.53 Å². The van der Waals surface area contributed by atoms with Crippen LogP contribution in [-0.2, 0) is 17.7 Å². The fourth-order valence-corrected chi connectivity index (χ4v) is 1.85. The minimum absolute atomic E-state index is 0.369. The summed E-state index contributed by atoms with van der Waals surface area (Å²) in [4.78, 5) is 11.6. The van der Waals surface area contributed by atoms with Gasteiger partial charge in [-0.3, -0.25) is 0 Å². The summed E-state index contributed by atoms with van der Waals surface area (Å²) in [6.45, 7) is 10.5. The van der Waals surface area contributed by atoms with Gasteiger partial charge in [0.1, 0.15) is 5.60 Å². The Morgan fingerprint density at radius 2 is 1.79 bits per heavy atom. The number of amides is 1. The van der Waals surface area contributed by atoms with Crippen LogP contribution < -0.4 is 5.32 Å². The molecule has 0 heterocycles. The summed E-state index contributed by atoms with van der Waals surface area (Å²) in [7, 11) is 0. The minimum Gasteiger partial charge on any atom is -0.444 e. The van der Waals surface area contributed by atoms with Gasteiger partial charge < -0.3 is 10.1 Å². The molecule has 0 fully saturated rings. The molecule has 19 heavy (non-hydrogen) atoms. The molecule has 106 valence electrons. The molecule has 0 radical (unpaired) electrons. The van der Waals surface area contributed by atoms with E-state index in [4.69, 9.17) is 4.74 Å². The average Bonchev–Trinajstić information content (AvgIpc) is 2.24. The van der Waals surface area contributed by atoms with Gasteiger partial charge in [-0.25, -0.2) is 4.79 Å². The number of ether oxygens (including phenoxy) is 1. The van der Waals surface area contributed by atoms with Crippen molar-refractivity contribution in [2.24, 2.45) is 5.92 Å². The lowest BCUT2D eigenvalue weighted by atomic mass is 9.98. The molecule has 3 heteroatoms. The molecule has 1 N–H and O–H groups in total. The molecule has 0 aliphatic carbocycles. The molecule has 0 aromatic heterocycles. The first-order chi connectivity index (χ1) is 8.78. The minimum atomic E-state index is -0.457. The van der Waals surface area contributed by atoms with Crippen molar-refractivity contribution >= 4 is 6.09 Å². The average molecular weight is 263 g/mol. The highest BCUT2D eigenvalue weighted by molar-refractivity contribution is 5.67. The number of benzene rings is 1. The summed E-state index contributed by atoms with van der Waals surface area (Å²) >= 11 is 0. The van der Waals surface area contributed by atoms with Crippen LogP contribution in [0.15, 0.2) is 24.3 Å². The first-order valence-corrected chi connectivity index (χ1v) is 6.81. The maximum atomic E-state index is 11.6. The number of nitrogens with one attached hydrogen (secondary N) is 1. The second-order valence-corrected chi connectivity index (χ2v) is 6.22. The van der Waals surface area contributed by atoms with E-state index in [2.05, 4.69) is 31.3 Å². The molecular formula is C16H25NO2. The predicted molar refractivity (Wildman–Crippen MR) is 78.1 cm³/mol. The van der Waals surface area contributed by atoms with Gasteiger partial charge in [-0.1, -0.05) is 38.1 Å². The molecule has 0 aliphatic rings. The monoisotopic (exact) mass is 263 g/mol. The van der Waals surface area contributed by atoms with E-state index in [0.717, 1.165) is 12.0 Å². The van der Waals surface area contributed by atoms with Gasteiger partial charge in [0.05, 0.1) is 0 Å². The van der Waals surface area contributed by atoms with Gasteiger partial charge in [-0.2, -0.15) is 0 Å². The number of hydrogen-bond acceptors (Lipinski definition) is 2. The topological polar surface area (TPSA) is 38.3 Å². The predicted octanol–water partition coefficient (Wildman–Crippen LogP) is 3.91. The van der Waals surface area contributed by atoms with Gasteiger partial charge in [0.25, 0.3) is 0 Å². The Balaban J connectivity index is 2.60. The second-order valence-electron chi connectivity index (χ2n) is 6.22. The van der Waals surface area contributed by atoms with Gasteiger partial charge in [-0.05, 0) is 44.2 Å². The summed E-state index contributed by atoms with van der Waals surface area (Å²) in [5.41, 5.74) is 1.98. The third-order valence-corrected chi connectivity index (χ3v) is 2.57. The molecule has 1 aromatic rings. The summed E-state index contributed by atoms with van der Waals surface area (Å²) in [5, 5.41) is 2.81. The first kappa shape index (κ1) is 15.5. The summed E-state index contributed by atoms with van der Waals surface area (Å²) in [5.74, 6) is 0.600. The van der Waals surface area contributed by atoms with Crippen molar-refractivity contribution in [3.8, 4) is 0 Å². The highest BCUT2D eigenvalue weighted by Gasteiger charge is 2.16. The Bertz CT molecular complexity index is 419. The summed E-state index contributed by atoms with van der Waals surface area (Å²) in [6.07, 6.45) is 0.651. The highest BCUT2D eigenvalue weighted by atomic mass is 16.6. The molecule has 0 spiro atoms. The van der Waals surface area contributed by atoms with Crippen molar-refractivity contribution in [3.63, 3.8) is 0 Å². The van der Waals surface area contributed by atoms with E-state index in [9.17, 15) is 4.79 Å². The lowest BCUT2D eigenvalue weighted by Gasteiger charge is -2.20. The van der Waals surface area contributed by atoms with Gasteiger partial charge in [-0.15, -0.1) is 0 Å². The maximum absolute atomic E-state index is 11.6. The zero-order valence-electron chi connectivity index (χ0n) is 12.6. The van der Waals surface area contributed by atoms with Gasteiger partial charge in [0, 0.05) is 6.54 Å². The van der Waals surface area contributed by atoms with Crippen molar-refractivity contribution in [3.05, 3.63) is 35.4 Å². The van der Waals surface area contributed by atoms with Crippen LogP contribution >= 0.6 is 0 Å². The smallest absolute Gasteiger partial charge is 0.407 e. The molecule has 1 aromatic carbocycles. The van der Waals surface area contributed by atoms with Crippen LogP contribution in [0.1, 0.15) is 45.7 Å². The van der Waals surface area contributed by atoms with E-state index in [-0.39, 0.29) is 6.09 Å². The maximum Gasteiger partial charge on any atom is 0.407 e. The normalized spacial score (nSPS) is 11.5. The van der Waals surface area contributed by atoms with Crippen LogP contribution in [0, 0.1) is 5.92 Å². The molecule has 1 amide bonds. The van der Waals surface area contributed by atoms with Gasteiger partial charge in [0.2, 0.25) is 0 Å². The van der Waals surface area contributed by atoms with Crippen molar-refractivity contribution in [2.45, 2.75) is 53.2 Å². The zero-order chi connectivity index (χ0) is 14.5. The Labute approximate surface area is 116 Å².